The SMILES string of the molecule is CC1(Cc2ccccc2F)CNC(=O)CO1. The lowest BCUT2D eigenvalue weighted by Gasteiger charge is -2.34. The Morgan fingerprint density at radius 3 is 2.88 bits per heavy atom. The molecule has 1 atom stereocenters. The molecular weight excluding hydrogens is 209 g/mol. The molecule has 1 aliphatic rings. The topological polar surface area (TPSA) is 38.3 Å². The Balaban J connectivity index is 2.09. The molecule has 0 aromatic heterocycles. The van der Waals surface area contributed by atoms with Gasteiger partial charge in [-0.05, 0) is 18.6 Å². The summed E-state index contributed by atoms with van der Waals surface area (Å²) < 4.78 is 18.9. The molecule has 4 heteroatoms. The van der Waals surface area contributed by atoms with Crippen LogP contribution in [-0.2, 0) is 16.0 Å². The van der Waals surface area contributed by atoms with Crippen molar-refractivity contribution in [1.82, 2.24) is 5.32 Å². The fraction of sp³-hybridized carbons (Fsp3) is 0.417. The Morgan fingerprint density at radius 1 is 1.50 bits per heavy atom. The van der Waals surface area contributed by atoms with Gasteiger partial charge in [0.2, 0.25) is 5.91 Å². The summed E-state index contributed by atoms with van der Waals surface area (Å²) in [6, 6.07) is 6.62. The van der Waals surface area contributed by atoms with Crippen LogP contribution in [0.2, 0.25) is 0 Å². The predicted octanol–water partition coefficient (Wildman–Crippen LogP) is 1.27. The van der Waals surface area contributed by atoms with Gasteiger partial charge in [0.05, 0.1) is 5.60 Å². The molecule has 0 saturated carbocycles. The maximum Gasteiger partial charge on any atom is 0.246 e. The van der Waals surface area contributed by atoms with Crippen LogP contribution in [0.15, 0.2) is 24.3 Å². The number of morpholine rings is 1. The number of hydrogen-bond donors (Lipinski definition) is 1. The van der Waals surface area contributed by atoms with E-state index in [9.17, 15) is 9.18 Å². The Hall–Kier alpha value is -1.42. The molecule has 0 spiro atoms. The molecule has 1 aromatic rings. The quantitative estimate of drug-likeness (QED) is 0.820. The van der Waals surface area contributed by atoms with Gasteiger partial charge in [-0.1, -0.05) is 18.2 Å². The second-order valence-corrected chi connectivity index (χ2v) is 4.28. The average Bonchev–Trinajstić information content (AvgIpc) is 2.27. The second kappa shape index (κ2) is 4.22. The van der Waals surface area contributed by atoms with Crippen molar-refractivity contribution in [2.45, 2.75) is 18.9 Å². The van der Waals surface area contributed by atoms with Gasteiger partial charge in [0.15, 0.2) is 0 Å². The second-order valence-electron chi connectivity index (χ2n) is 4.28. The minimum absolute atomic E-state index is 0.0466. The number of halogens is 1. The van der Waals surface area contributed by atoms with Crippen molar-refractivity contribution in [3.8, 4) is 0 Å². The van der Waals surface area contributed by atoms with E-state index in [-0.39, 0.29) is 18.3 Å². The van der Waals surface area contributed by atoms with Gasteiger partial charge >= 0.3 is 0 Å². The summed E-state index contributed by atoms with van der Waals surface area (Å²) in [4.78, 5) is 11.0. The first-order valence-electron chi connectivity index (χ1n) is 5.23. The van der Waals surface area contributed by atoms with Gasteiger partial charge in [-0.15, -0.1) is 0 Å². The predicted molar refractivity (Wildman–Crippen MR) is 57.5 cm³/mol. The summed E-state index contributed by atoms with van der Waals surface area (Å²) in [5, 5.41) is 2.73. The van der Waals surface area contributed by atoms with Crippen molar-refractivity contribution in [2.75, 3.05) is 13.2 Å². The number of benzene rings is 1. The average molecular weight is 223 g/mol. The molecule has 1 saturated heterocycles. The third-order valence-electron chi connectivity index (χ3n) is 2.73. The van der Waals surface area contributed by atoms with E-state index in [0.29, 0.717) is 18.5 Å². The van der Waals surface area contributed by atoms with E-state index >= 15 is 0 Å². The summed E-state index contributed by atoms with van der Waals surface area (Å²) >= 11 is 0. The normalized spacial score (nSPS) is 25.2. The molecule has 0 radical (unpaired) electrons. The van der Waals surface area contributed by atoms with Crippen LogP contribution in [0, 0.1) is 5.82 Å². The molecule has 1 fully saturated rings. The smallest absolute Gasteiger partial charge is 0.246 e. The Bertz CT molecular complexity index is 396. The highest BCUT2D eigenvalue weighted by molar-refractivity contribution is 5.78. The fourth-order valence-electron chi connectivity index (χ4n) is 1.79. The summed E-state index contributed by atoms with van der Waals surface area (Å²) in [6.07, 6.45) is 0.458. The number of ether oxygens (including phenoxy) is 1. The number of carbonyl (C=O) groups excluding carboxylic acids is 1. The molecule has 1 aromatic carbocycles. The van der Waals surface area contributed by atoms with Crippen molar-refractivity contribution < 1.29 is 13.9 Å². The molecule has 1 unspecified atom stereocenters. The van der Waals surface area contributed by atoms with E-state index in [2.05, 4.69) is 5.32 Å². The van der Waals surface area contributed by atoms with E-state index in [1.54, 1.807) is 18.2 Å². The van der Waals surface area contributed by atoms with Crippen molar-refractivity contribution in [1.29, 1.82) is 0 Å². The zero-order valence-electron chi connectivity index (χ0n) is 9.13. The highest BCUT2D eigenvalue weighted by Crippen LogP contribution is 2.20. The lowest BCUT2D eigenvalue weighted by atomic mass is 9.95. The molecule has 3 nitrogen and oxygen atoms in total. The zero-order valence-corrected chi connectivity index (χ0v) is 9.13. The van der Waals surface area contributed by atoms with Crippen molar-refractivity contribution >= 4 is 5.91 Å². The highest BCUT2D eigenvalue weighted by Gasteiger charge is 2.31. The monoisotopic (exact) mass is 223 g/mol. The first-order chi connectivity index (χ1) is 7.59. The number of rotatable bonds is 2. The van der Waals surface area contributed by atoms with Crippen LogP contribution in [0.1, 0.15) is 12.5 Å². The maximum absolute atomic E-state index is 13.4. The lowest BCUT2D eigenvalue weighted by Crippen LogP contribution is -2.51. The van der Waals surface area contributed by atoms with E-state index in [1.807, 2.05) is 6.92 Å². The van der Waals surface area contributed by atoms with Crippen molar-refractivity contribution in [3.63, 3.8) is 0 Å². The molecular formula is C12H14FNO2. The van der Waals surface area contributed by atoms with E-state index < -0.39 is 5.60 Å². The summed E-state index contributed by atoms with van der Waals surface area (Å²) in [7, 11) is 0. The van der Waals surface area contributed by atoms with E-state index in [0.717, 1.165) is 0 Å². The molecule has 1 amide bonds. The summed E-state index contributed by atoms with van der Waals surface area (Å²) in [6.45, 7) is 2.34. The maximum atomic E-state index is 13.4. The minimum atomic E-state index is -0.518. The molecule has 86 valence electrons. The number of carbonyl (C=O) groups is 1. The van der Waals surface area contributed by atoms with E-state index in [4.69, 9.17) is 4.74 Å². The van der Waals surface area contributed by atoms with Crippen LogP contribution in [0.25, 0.3) is 0 Å². The molecule has 0 bridgehead atoms. The zero-order chi connectivity index (χ0) is 11.6. The third-order valence-corrected chi connectivity index (χ3v) is 2.73. The summed E-state index contributed by atoms with van der Waals surface area (Å²) in [5.74, 6) is -0.352. The van der Waals surface area contributed by atoms with Crippen molar-refractivity contribution in [2.24, 2.45) is 0 Å². The van der Waals surface area contributed by atoms with Gasteiger partial charge < -0.3 is 10.1 Å². The Labute approximate surface area is 93.6 Å². The molecule has 2 rings (SSSR count). The standard InChI is InChI=1S/C12H14FNO2/c1-12(8-14-11(15)7-16-12)6-9-4-2-3-5-10(9)13/h2-5H,6-8H2,1H3,(H,14,15). The van der Waals surface area contributed by atoms with E-state index in [1.165, 1.54) is 6.07 Å². The van der Waals surface area contributed by atoms with Gasteiger partial charge in [0.25, 0.3) is 0 Å². The number of amides is 1. The van der Waals surface area contributed by atoms with Gasteiger partial charge in [0.1, 0.15) is 12.4 Å². The van der Waals surface area contributed by atoms with Crippen LogP contribution in [0.5, 0.6) is 0 Å². The number of nitrogens with one attached hydrogen (secondary N) is 1. The van der Waals surface area contributed by atoms with Gasteiger partial charge in [-0.25, -0.2) is 4.39 Å². The molecule has 1 heterocycles. The molecule has 1 N–H and O–H groups in total. The first-order valence-corrected chi connectivity index (χ1v) is 5.23. The fourth-order valence-corrected chi connectivity index (χ4v) is 1.79. The minimum Gasteiger partial charge on any atom is -0.363 e. The lowest BCUT2D eigenvalue weighted by molar-refractivity contribution is -0.141. The summed E-state index contributed by atoms with van der Waals surface area (Å²) in [5.41, 5.74) is 0.0944. The van der Waals surface area contributed by atoms with Crippen LogP contribution in [0.3, 0.4) is 0 Å². The largest absolute Gasteiger partial charge is 0.363 e. The molecule has 16 heavy (non-hydrogen) atoms. The third kappa shape index (κ3) is 2.39. The van der Waals surface area contributed by atoms with Gasteiger partial charge in [-0.3, -0.25) is 4.79 Å². The molecule has 1 aliphatic heterocycles. The van der Waals surface area contributed by atoms with Gasteiger partial charge in [-0.2, -0.15) is 0 Å². The number of hydrogen-bond acceptors (Lipinski definition) is 2. The molecule has 0 aliphatic carbocycles. The van der Waals surface area contributed by atoms with Crippen LogP contribution in [-0.4, -0.2) is 24.7 Å². The first kappa shape index (κ1) is 11.1. The van der Waals surface area contributed by atoms with Gasteiger partial charge in [0, 0.05) is 13.0 Å². The Kier molecular flexibility index (Phi) is 2.92. The van der Waals surface area contributed by atoms with Crippen LogP contribution in [0.4, 0.5) is 4.39 Å². The van der Waals surface area contributed by atoms with Crippen LogP contribution >= 0.6 is 0 Å². The highest BCUT2D eigenvalue weighted by atomic mass is 19.1. The Morgan fingerprint density at radius 2 is 2.25 bits per heavy atom. The van der Waals surface area contributed by atoms with Crippen LogP contribution < -0.4 is 5.32 Å². The van der Waals surface area contributed by atoms with Crippen molar-refractivity contribution in [3.05, 3.63) is 35.6 Å².